The Hall–Kier alpha value is -0.810. The van der Waals surface area contributed by atoms with E-state index < -0.39 is 5.60 Å². The van der Waals surface area contributed by atoms with Crippen LogP contribution in [0.15, 0.2) is 4.99 Å². The molecule has 126 valence electrons. The van der Waals surface area contributed by atoms with Crippen LogP contribution in [0.1, 0.15) is 51.9 Å². The van der Waals surface area contributed by atoms with Crippen molar-refractivity contribution in [2.24, 2.45) is 4.99 Å². The molecule has 0 spiro atoms. The molecule has 1 saturated carbocycles. The van der Waals surface area contributed by atoms with Crippen molar-refractivity contribution in [1.29, 1.82) is 0 Å². The van der Waals surface area contributed by atoms with Gasteiger partial charge in [0.2, 0.25) is 0 Å². The third kappa shape index (κ3) is 3.74. The SMILES string of the molecule is CCNC(=NCC1(O)CCCC1)N1CCC(N2CCCC2)C1. The molecule has 5 heteroatoms. The van der Waals surface area contributed by atoms with Gasteiger partial charge in [-0.05, 0) is 52.1 Å². The van der Waals surface area contributed by atoms with Crippen LogP contribution in [0.2, 0.25) is 0 Å². The molecule has 2 heterocycles. The minimum absolute atomic E-state index is 0.547. The summed E-state index contributed by atoms with van der Waals surface area (Å²) >= 11 is 0. The van der Waals surface area contributed by atoms with Crippen LogP contribution in [0.3, 0.4) is 0 Å². The van der Waals surface area contributed by atoms with Crippen molar-refractivity contribution in [2.75, 3.05) is 39.3 Å². The van der Waals surface area contributed by atoms with Crippen molar-refractivity contribution in [3.8, 4) is 0 Å². The number of hydrogen-bond donors (Lipinski definition) is 2. The Morgan fingerprint density at radius 1 is 1.18 bits per heavy atom. The van der Waals surface area contributed by atoms with Crippen molar-refractivity contribution in [1.82, 2.24) is 15.1 Å². The van der Waals surface area contributed by atoms with Gasteiger partial charge in [0.25, 0.3) is 0 Å². The van der Waals surface area contributed by atoms with Gasteiger partial charge < -0.3 is 15.3 Å². The zero-order chi connectivity index (χ0) is 15.4. The molecule has 0 aromatic rings. The predicted octanol–water partition coefficient (Wildman–Crippen LogP) is 1.43. The molecule has 1 aliphatic carbocycles. The van der Waals surface area contributed by atoms with Crippen LogP contribution in [0.5, 0.6) is 0 Å². The second-order valence-electron chi connectivity index (χ2n) is 7.23. The monoisotopic (exact) mass is 308 g/mol. The van der Waals surface area contributed by atoms with E-state index in [1.807, 2.05) is 0 Å². The molecule has 3 rings (SSSR count). The van der Waals surface area contributed by atoms with Crippen LogP contribution in [0, 0.1) is 0 Å². The lowest BCUT2D eigenvalue weighted by atomic mass is 10.0. The maximum atomic E-state index is 10.5. The zero-order valence-electron chi connectivity index (χ0n) is 14.1. The topological polar surface area (TPSA) is 51.1 Å². The molecule has 0 amide bonds. The average Bonchev–Trinajstić information content (AvgIpc) is 3.24. The highest BCUT2D eigenvalue weighted by molar-refractivity contribution is 5.80. The molecule has 2 aliphatic heterocycles. The Bertz CT molecular complexity index is 386. The third-order valence-corrected chi connectivity index (χ3v) is 5.51. The van der Waals surface area contributed by atoms with Crippen LogP contribution in [0.25, 0.3) is 0 Å². The van der Waals surface area contributed by atoms with Gasteiger partial charge in [0, 0.05) is 25.7 Å². The molecule has 3 aliphatic rings. The Morgan fingerprint density at radius 3 is 2.59 bits per heavy atom. The van der Waals surface area contributed by atoms with Crippen molar-refractivity contribution in [3.05, 3.63) is 0 Å². The highest BCUT2D eigenvalue weighted by Gasteiger charge is 2.33. The molecule has 0 aromatic carbocycles. The number of nitrogens with zero attached hydrogens (tertiary/aromatic N) is 3. The fourth-order valence-corrected chi connectivity index (χ4v) is 4.18. The number of guanidine groups is 1. The van der Waals surface area contributed by atoms with Crippen LogP contribution < -0.4 is 5.32 Å². The molecule has 1 unspecified atom stereocenters. The first-order valence-electron chi connectivity index (χ1n) is 9.20. The lowest BCUT2D eigenvalue weighted by Gasteiger charge is -2.26. The second kappa shape index (κ2) is 7.18. The van der Waals surface area contributed by atoms with Crippen molar-refractivity contribution in [2.45, 2.75) is 63.5 Å². The number of aliphatic imine (C=N–C) groups is 1. The summed E-state index contributed by atoms with van der Waals surface area (Å²) in [6.07, 6.45) is 8.06. The highest BCUT2D eigenvalue weighted by Crippen LogP contribution is 2.29. The summed E-state index contributed by atoms with van der Waals surface area (Å²) in [7, 11) is 0. The standard InChI is InChI=1S/C17H32N4O/c1-2-18-16(19-14-17(22)8-3-4-9-17)21-12-7-15(13-21)20-10-5-6-11-20/h15,22H,2-14H2,1H3,(H,18,19). The van der Waals surface area contributed by atoms with Crippen molar-refractivity contribution < 1.29 is 5.11 Å². The van der Waals surface area contributed by atoms with E-state index in [0.717, 1.165) is 51.3 Å². The lowest BCUT2D eigenvalue weighted by Crippen LogP contribution is -2.43. The Labute approximate surface area is 134 Å². The van der Waals surface area contributed by atoms with Crippen molar-refractivity contribution >= 4 is 5.96 Å². The maximum Gasteiger partial charge on any atom is 0.194 e. The van der Waals surface area contributed by atoms with E-state index in [4.69, 9.17) is 4.99 Å². The first-order chi connectivity index (χ1) is 10.7. The molecule has 22 heavy (non-hydrogen) atoms. The van der Waals surface area contributed by atoms with Gasteiger partial charge in [-0.15, -0.1) is 0 Å². The number of aliphatic hydroxyl groups is 1. The summed E-state index contributed by atoms with van der Waals surface area (Å²) in [5, 5.41) is 13.9. The van der Waals surface area contributed by atoms with E-state index >= 15 is 0 Å². The first kappa shape index (κ1) is 16.1. The summed E-state index contributed by atoms with van der Waals surface area (Å²) in [6, 6.07) is 0.695. The van der Waals surface area contributed by atoms with Gasteiger partial charge in [-0.3, -0.25) is 9.89 Å². The van der Waals surface area contributed by atoms with E-state index in [9.17, 15) is 5.11 Å². The molecule has 0 radical (unpaired) electrons. The largest absolute Gasteiger partial charge is 0.388 e. The van der Waals surface area contributed by atoms with Gasteiger partial charge in [0.1, 0.15) is 0 Å². The fourth-order valence-electron chi connectivity index (χ4n) is 4.18. The molecule has 2 saturated heterocycles. The van der Waals surface area contributed by atoms with E-state index in [1.165, 1.54) is 32.4 Å². The van der Waals surface area contributed by atoms with Gasteiger partial charge in [0.15, 0.2) is 5.96 Å². The zero-order valence-corrected chi connectivity index (χ0v) is 14.1. The van der Waals surface area contributed by atoms with Gasteiger partial charge in [-0.2, -0.15) is 0 Å². The number of nitrogens with one attached hydrogen (secondary N) is 1. The molecular weight excluding hydrogens is 276 g/mol. The molecule has 0 bridgehead atoms. The van der Waals surface area contributed by atoms with Gasteiger partial charge in [-0.1, -0.05) is 12.8 Å². The molecule has 0 aromatic heterocycles. The fraction of sp³-hybridized carbons (Fsp3) is 0.941. The quantitative estimate of drug-likeness (QED) is 0.609. The smallest absolute Gasteiger partial charge is 0.194 e. The number of likely N-dealkylation sites (tertiary alicyclic amines) is 2. The maximum absolute atomic E-state index is 10.5. The van der Waals surface area contributed by atoms with E-state index in [2.05, 4.69) is 22.0 Å². The Balaban J connectivity index is 1.58. The van der Waals surface area contributed by atoms with Gasteiger partial charge in [-0.25, -0.2) is 0 Å². The minimum Gasteiger partial charge on any atom is -0.388 e. The van der Waals surface area contributed by atoms with Crippen LogP contribution >= 0.6 is 0 Å². The highest BCUT2D eigenvalue weighted by atomic mass is 16.3. The second-order valence-corrected chi connectivity index (χ2v) is 7.23. The van der Waals surface area contributed by atoms with E-state index in [-0.39, 0.29) is 0 Å². The third-order valence-electron chi connectivity index (χ3n) is 5.51. The predicted molar refractivity (Wildman–Crippen MR) is 90.2 cm³/mol. The van der Waals surface area contributed by atoms with Crippen molar-refractivity contribution in [3.63, 3.8) is 0 Å². The van der Waals surface area contributed by atoms with Crippen LogP contribution in [0.4, 0.5) is 0 Å². The summed E-state index contributed by atoms with van der Waals surface area (Å²) < 4.78 is 0. The summed E-state index contributed by atoms with van der Waals surface area (Å²) in [6.45, 7) is 8.28. The molecule has 1 atom stereocenters. The molecule has 2 N–H and O–H groups in total. The van der Waals surface area contributed by atoms with Gasteiger partial charge in [0.05, 0.1) is 12.1 Å². The number of hydrogen-bond acceptors (Lipinski definition) is 3. The van der Waals surface area contributed by atoms with E-state index in [1.54, 1.807) is 0 Å². The minimum atomic E-state index is -0.547. The first-order valence-corrected chi connectivity index (χ1v) is 9.20. The van der Waals surface area contributed by atoms with E-state index in [0.29, 0.717) is 12.6 Å². The van der Waals surface area contributed by atoms with Crippen LogP contribution in [-0.4, -0.2) is 71.8 Å². The molecular formula is C17H32N4O. The Kier molecular flexibility index (Phi) is 5.24. The van der Waals surface area contributed by atoms with Crippen LogP contribution in [-0.2, 0) is 0 Å². The summed E-state index contributed by atoms with van der Waals surface area (Å²) in [4.78, 5) is 9.81. The summed E-state index contributed by atoms with van der Waals surface area (Å²) in [5.74, 6) is 1.00. The molecule has 3 fully saturated rings. The van der Waals surface area contributed by atoms with Gasteiger partial charge >= 0.3 is 0 Å². The normalized spacial score (nSPS) is 29.5. The summed E-state index contributed by atoms with van der Waals surface area (Å²) in [5.41, 5.74) is -0.547. The average molecular weight is 308 g/mol. The number of rotatable bonds is 4. The lowest BCUT2D eigenvalue weighted by molar-refractivity contribution is 0.0572. The Morgan fingerprint density at radius 2 is 1.91 bits per heavy atom. The molecule has 5 nitrogen and oxygen atoms in total.